The second-order valence-electron chi connectivity index (χ2n) is 3.41. The number of hydrogen-bond donors (Lipinski definition) is 1. The van der Waals surface area contributed by atoms with Gasteiger partial charge < -0.3 is 14.9 Å². The number of hydrogen-bond acceptors (Lipinski definition) is 3. The standard InChI is InChI=1S/C12H14N2O2/c1-15-7-6-14-12(13)11-8-9-4-2-3-5-10(9)16-11/h2-5,8H,6-7H2,1H3,(H2,13,14). The van der Waals surface area contributed by atoms with E-state index in [2.05, 4.69) is 4.99 Å². The van der Waals surface area contributed by atoms with E-state index in [9.17, 15) is 0 Å². The number of furan rings is 1. The summed E-state index contributed by atoms with van der Waals surface area (Å²) in [7, 11) is 1.63. The summed E-state index contributed by atoms with van der Waals surface area (Å²) in [6, 6.07) is 9.65. The lowest BCUT2D eigenvalue weighted by molar-refractivity contribution is 0.208. The molecule has 0 unspecified atom stereocenters. The number of fused-ring (bicyclic) bond motifs is 1. The molecule has 1 heterocycles. The van der Waals surface area contributed by atoms with Crippen LogP contribution in [-0.2, 0) is 4.74 Å². The summed E-state index contributed by atoms with van der Waals surface area (Å²) in [5, 5.41) is 1.03. The molecule has 0 saturated carbocycles. The molecule has 0 atom stereocenters. The Kier molecular flexibility index (Phi) is 3.22. The van der Waals surface area contributed by atoms with E-state index in [-0.39, 0.29) is 0 Å². The van der Waals surface area contributed by atoms with E-state index in [1.165, 1.54) is 0 Å². The van der Waals surface area contributed by atoms with E-state index in [1.807, 2.05) is 30.3 Å². The molecular formula is C12H14N2O2. The number of rotatable bonds is 4. The van der Waals surface area contributed by atoms with Crippen molar-refractivity contribution in [2.75, 3.05) is 20.3 Å². The second-order valence-corrected chi connectivity index (χ2v) is 3.41. The van der Waals surface area contributed by atoms with E-state index >= 15 is 0 Å². The first-order valence-electron chi connectivity index (χ1n) is 5.09. The first kappa shape index (κ1) is 10.7. The van der Waals surface area contributed by atoms with Crippen molar-refractivity contribution in [3.63, 3.8) is 0 Å². The predicted octanol–water partition coefficient (Wildman–Crippen LogP) is 1.78. The van der Waals surface area contributed by atoms with Gasteiger partial charge in [-0.2, -0.15) is 0 Å². The summed E-state index contributed by atoms with van der Waals surface area (Å²) in [6.07, 6.45) is 0. The molecule has 0 aliphatic rings. The van der Waals surface area contributed by atoms with Crippen molar-refractivity contribution in [3.8, 4) is 0 Å². The first-order valence-corrected chi connectivity index (χ1v) is 5.09. The number of para-hydroxylation sites is 1. The van der Waals surface area contributed by atoms with Gasteiger partial charge in [0.05, 0.1) is 13.2 Å². The minimum absolute atomic E-state index is 0.410. The Morgan fingerprint density at radius 1 is 1.44 bits per heavy atom. The third-order valence-electron chi connectivity index (χ3n) is 2.26. The highest BCUT2D eigenvalue weighted by Gasteiger charge is 2.05. The van der Waals surface area contributed by atoms with Crippen molar-refractivity contribution < 1.29 is 9.15 Å². The number of benzene rings is 1. The molecule has 0 radical (unpaired) electrons. The van der Waals surface area contributed by atoms with Gasteiger partial charge in [0.1, 0.15) is 5.58 Å². The number of aliphatic imine (C=N–C) groups is 1. The number of ether oxygens (including phenoxy) is 1. The minimum atomic E-state index is 0.410. The maximum absolute atomic E-state index is 5.80. The zero-order chi connectivity index (χ0) is 11.4. The highest BCUT2D eigenvalue weighted by Crippen LogP contribution is 2.18. The molecule has 0 fully saturated rings. The number of nitrogens with zero attached hydrogens (tertiary/aromatic N) is 1. The number of nitrogens with two attached hydrogens (primary N) is 1. The van der Waals surface area contributed by atoms with E-state index in [0.29, 0.717) is 24.7 Å². The fourth-order valence-electron chi connectivity index (χ4n) is 1.44. The molecule has 84 valence electrons. The molecule has 16 heavy (non-hydrogen) atoms. The maximum Gasteiger partial charge on any atom is 0.169 e. The van der Waals surface area contributed by atoms with Crippen LogP contribution in [0.3, 0.4) is 0 Å². The zero-order valence-electron chi connectivity index (χ0n) is 9.14. The van der Waals surface area contributed by atoms with Crippen molar-refractivity contribution in [2.24, 2.45) is 10.7 Å². The molecule has 2 aromatic rings. The van der Waals surface area contributed by atoms with Crippen molar-refractivity contribution in [1.29, 1.82) is 0 Å². The van der Waals surface area contributed by atoms with Crippen molar-refractivity contribution >= 4 is 16.8 Å². The lowest BCUT2D eigenvalue weighted by atomic mass is 10.2. The third kappa shape index (κ3) is 2.23. The monoisotopic (exact) mass is 218 g/mol. The third-order valence-corrected chi connectivity index (χ3v) is 2.26. The predicted molar refractivity (Wildman–Crippen MR) is 63.7 cm³/mol. The van der Waals surface area contributed by atoms with Crippen LogP contribution in [0.1, 0.15) is 5.76 Å². The summed E-state index contributed by atoms with van der Waals surface area (Å²) in [5.74, 6) is 1.02. The van der Waals surface area contributed by atoms with Gasteiger partial charge in [-0.1, -0.05) is 18.2 Å². The van der Waals surface area contributed by atoms with Crippen LogP contribution in [0.4, 0.5) is 0 Å². The lowest BCUT2D eigenvalue weighted by Crippen LogP contribution is -2.13. The molecular weight excluding hydrogens is 204 g/mol. The Morgan fingerprint density at radius 3 is 3.00 bits per heavy atom. The minimum Gasteiger partial charge on any atom is -0.453 e. The van der Waals surface area contributed by atoms with E-state index in [0.717, 1.165) is 11.0 Å². The second kappa shape index (κ2) is 4.81. The molecule has 0 bridgehead atoms. The average molecular weight is 218 g/mol. The fraction of sp³-hybridized carbons (Fsp3) is 0.250. The molecule has 4 nitrogen and oxygen atoms in total. The van der Waals surface area contributed by atoms with Gasteiger partial charge in [-0.3, -0.25) is 4.99 Å². The van der Waals surface area contributed by atoms with Gasteiger partial charge in [-0.15, -0.1) is 0 Å². The Labute approximate surface area is 93.7 Å². The smallest absolute Gasteiger partial charge is 0.169 e. The molecule has 1 aromatic heterocycles. The van der Waals surface area contributed by atoms with Crippen LogP contribution in [0, 0.1) is 0 Å². The van der Waals surface area contributed by atoms with E-state index in [4.69, 9.17) is 14.9 Å². The fourth-order valence-corrected chi connectivity index (χ4v) is 1.44. The Bertz CT molecular complexity index is 469. The lowest BCUT2D eigenvalue weighted by Gasteiger charge is -1.96. The van der Waals surface area contributed by atoms with Crippen molar-refractivity contribution in [2.45, 2.75) is 0 Å². The van der Waals surface area contributed by atoms with Crippen LogP contribution < -0.4 is 5.73 Å². The molecule has 2 rings (SSSR count). The summed E-state index contributed by atoms with van der Waals surface area (Å²) >= 11 is 0. The van der Waals surface area contributed by atoms with Gasteiger partial charge in [0.25, 0.3) is 0 Å². The highest BCUT2D eigenvalue weighted by molar-refractivity contribution is 5.98. The van der Waals surface area contributed by atoms with Gasteiger partial charge >= 0.3 is 0 Å². The summed E-state index contributed by atoms with van der Waals surface area (Å²) in [4.78, 5) is 4.16. The van der Waals surface area contributed by atoms with Crippen LogP contribution in [0.25, 0.3) is 11.0 Å². The summed E-state index contributed by atoms with van der Waals surface area (Å²) in [6.45, 7) is 1.10. The van der Waals surface area contributed by atoms with Crippen LogP contribution in [-0.4, -0.2) is 26.1 Å². The zero-order valence-corrected chi connectivity index (χ0v) is 9.14. The van der Waals surface area contributed by atoms with Gasteiger partial charge in [0, 0.05) is 12.5 Å². The molecule has 4 heteroatoms. The maximum atomic E-state index is 5.80. The van der Waals surface area contributed by atoms with Crippen molar-refractivity contribution in [1.82, 2.24) is 0 Å². The Hall–Kier alpha value is -1.81. The summed E-state index contributed by atoms with van der Waals surface area (Å²) in [5.41, 5.74) is 6.62. The number of methoxy groups -OCH3 is 1. The van der Waals surface area contributed by atoms with Crippen LogP contribution >= 0.6 is 0 Å². The molecule has 0 aliphatic heterocycles. The molecule has 1 aromatic carbocycles. The quantitative estimate of drug-likeness (QED) is 0.483. The highest BCUT2D eigenvalue weighted by atomic mass is 16.5. The summed E-state index contributed by atoms with van der Waals surface area (Å²) < 4.78 is 10.5. The van der Waals surface area contributed by atoms with E-state index in [1.54, 1.807) is 7.11 Å². The SMILES string of the molecule is COCCN=C(N)c1cc2ccccc2o1. The van der Waals surface area contributed by atoms with Gasteiger partial charge in [-0.25, -0.2) is 0 Å². The average Bonchev–Trinajstić information content (AvgIpc) is 2.73. The molecule has 0 amide bonds. The van der Waals surface area contributed by atoms with Gasteiger partial charge in [0.2, 0.25) is 0 Å². The molecule has 0 spiro atoms. The molecule has 0 aliphatic carbocycles. The van der Waals surface area contributed by atoms with Crippen LogP contribution in [0.2, 0.25) is 0 Å². The first-order chi connectivity index (χ1) is 7.81. The molecule has 2 N–H and O–H groups in total. The van der Waals surface area contributed by atoms with Gasteiger partial charge in [0.15, 0.2) is 11.6 Å². The Balaban J connectivity index is 2.22. The van der Waals surface area contributed by atoms with Crippen molar-refractivity contribution in [3.05, 3.63) is 36.1 Å². The normalized spacial score (nSPS) is 12.2. The topological polar surface area (TPSA) is 60.8 Å². The Morgan fingerprint density at radius 2 is 2.25 bits per heavy atom. The van der Waals surface area contributed by atoms with E-state index < -0.39 is 0 Å². The largest absolute Gasteiger partial charge is 0.453 e. The van der Waals surface area contributed by atoms with Gasteiger partial charge in [-0.05, 0) is 12.1 Å². The molecule has 0 saturated heterocycles. The number of amidine groups is 1. The van der Waals surface area contributed by atoms with Crippen LogP contribution in [0.15, 0.2) is 39.7 Å². The van der Waals surface area contributed by atoms with Crippen LogP contribution in [0.5, 0.6) is 0 Å².